The highest BCUT2D eigenvalue weighted by Crippen LogP contribution is 2.60. The van der Waals surface area contributed by atoms with Crippen LogP contribution in [0.1, 0.15) is 50.5 Å². The molecular formula is C15H20BrN. The first kappa shape index (κ1) is 11.7. The number of halogens is 1. The molecule has 92 valence electrons. The maximum atomic E-state index is 6.60. The number of benzene rings is 1. The fourth-order valence-corrected chi connectivity index (χ4v) is 4.68. The fraction of sp³-hybridized carbons (Fsp3) is 0.600. The van der Waals surface area contributed by atoms with E-state index in [4.69, 9.17) is 5.73 Å². The van der Waals surface area contributed by atoms with Gasteiger partial charge in [0.1, 0.15) is 0 Å². The molecule has 0 unspecified atom stereocenters. The summed E-state index contributed by atoms with van der Waals surface area (Å²) in [5.41, 5.74) is 8.42. The molecule has 0 amide bonds. The molecule has 1 aromatic carbocycles. The van der Waals surface area contributed by atoms with Gasteiger partial charge in [0.15, 0.2) is 0 Å². The van der Waals surface area contributed by atoms with Crippen LogP contribution in [0.15, 0.2) is 28.7 Å². The summed E-state index contributed by atoms with van der Waals surface area (Å²) in [7, 11) is 0. The second kappa shape index (κ2) is 4.10. The minimum Gasteiger partial charge on any atom is -0.321 e. The van der Waals surface area contributed by atoms with E-state index in [0.29, 0.717) is 5.41 Å². The van der Waals surface area contributed by atoms with Crippen LogP contribution in [-0.2, 0) is 5.54 Å². The Kier molecular flexibility index (Phi) is 2.83. The number of hydrogen-bond donors (Lipinski definition) is 1. The largest absolute Gasteiger partial charge is 0.321 e. The summed E-state index contributed by atoms with van der Waals surface area (Å²) in [4.78, 5) is 0. The van der Waals surface area contributed by atoms with Gasteiger partial charge in [0.25, 0.3) is 0 Å². The van der Waals surface area contributed by atoms with Gasteiger partial charge in [-0.15, -0.1) is 0 Å². The van der Waals surface area contributed by atoms with Crippen LogP contribution in [-0.4, -0.2) is 0 Å². The van der Waals surface area contributed by atoms with Gasteiger partial charge in [0, 0.05) is 10.0 Å². The van der Waals surface area contributed by atoms with Crippen molar-refractivity contribution >= 4 is 15.9 Å². The Morgan fingerprint density at radius 3 is 2.29 bits per heavy atom. The molecule has 1 nitrogen and oxygen atoms in total. The lowest BCUT2D eigenvalue weighted by Gasteiger charge is -2.57. The zero-order valence-electron chi connectivity index (χ0n) is 10.2. The van der Waals surface area contributed by atoms with Crippen molar-refractivity contribution in [1.82, 2.24) is 0 Å². The first-order valence-electron chi connectivity index (χ1n) is 6.68. The molecule has 1 spiro atoms. The van der Waals surface area contributed by atoms with Crippen LogP contribution in [0.4, 0.5) is 0 Å². The van der Waals surface area contributed by atoms with Gasteiger partial charge in [-0.25, -0.2) is 0 Å². The van der Waals surface area contributed by atoms with E-state index in [2.05, 4.69) is 40.2 Å². The van der Waals surface area contributed by atoms with Crippen molar-refractivity contribution in [2.24, 2.45) is 11.1 Å². The Morgan fingerprint density at radius 2 is 1.65 bits per heavy atom. The predicted molar refractivity (Wildman–Crippen MR) is 74.8 cm³/mol. The lowest BCUT2D eigenvalue weighted by atomic mass is 9.51. The molecule has 2 aliphatic carbocycles. The molecule has 2 aliphatic rings. The van der Waals surface area contributed by atoms with E-state index >= 15 is 0 Å². The van der Waals surface area contributed by atoms with Gasteiger partial charge >= 0.3 is 0 Å². The van der Waals surface area contributed by atoms with E-state index in [-0.39, 0.29) is 5.54 Å². The number of hydrogen-bond acceptors (Lipinski definition) is 1. The highest BCUT2D eigenvalue weighted by atomic mass is 79.9. The zero-order valence-corrected chi connectivity index (χ0v) is 11.8. The third kappa shape index (κ3) is 1.96. The second-order valence-electron chi connectivity index (χ2n) is 6.05. The van der Waals surface area contributed by atoms with Crippen LogP contribution in [0.3, 0.4) is 0 Å². The van der Waals surface area contributed by atoms with E-state index in [1.165, 1.54) is 55.0 Å². The molecular weight excluding hydrogens is 274 g/mol. The quantitative estimate of drug-likeness (QED) is 0.819. The Bertz CT molecular complexity index is 413. The van der Waals surface area contributed by atoms with Crippen LogP contribution >= 0.6 is 15.9 Å². The summed E-state index contributed by atoms with van der Waals surface area (Å²) in [5, 5.41) is 0. The highest BCUT2D eigenvalue weighted by molar-refractivity contribution is 9.10. The van der Waals surface area contributed by atoms with E-state index < -0.39 is 0 Å². The zero-order chi connectivity index (χ0) is 11.9. The summed E-state index contributed by atoms with van der Waals surface area (Å²) in [6.07, 6.45) is 9.41. The molecule has 1 aromatic rings. The lowest BCUT2D eigenvalue weighted by Crippen LogP contribution is -2.56. The smallest absolute Gasteiger partial charge is 0.0431 e. The molecule has 0 bridgehead atoms. The van der Waals surface area contributed by atoms with E-state index in [0.717, 1.165) is 0 Å². The van der Waals surface area contributed by atoms with E-state index in [1.54, 1.807) is 0 Å². The van der Waals surface area contributed by atoms with Crippen LogP contribution in [0.25, 0.3) is 0 Å². The highest BCUT2D eigenvalue weighted by Gasteiger charge is 2.53. The van der Waals surface area contributed by atoms with Crippen molar-refractivity contribution in [2.45, 2.75) is 50.5 Å². The van der Waals surface area contributed by atoms with Crippen LogP contribution < -0.4 is 5.73 Å². The first-order valence-corrected chi connectivity index (χ1v) is 7.47. The first-order chi connectivity index (χ1) is 8.14. The van der Waals surface area contributed by atoms with Crippen molar-refractivity contribution in [3.63, 3.8) is 0 Å². The van der Waals surface area contributed by atoms with Gasteiger partial charge in [0.05, 0.1) is 0 Å². The lowest BCUT2D eigenvalue weighted by molar-refractivity contribution is -0.0103. The average Bonchev–Trinajstić information content (AvgIpc) is 2.29. The standard InChI is InChI=1S/C15H20BrN/c16-13-7-3-2-6-12(13)15(17)10-14(11-15)8-4-1-5-9-14/h2-3,6-7H,1,4-5,8-11,17H2. The van der Waals surface area contributed by atoms with Crippen LogP contribution in [0.2, 0.25) is 0 Å². The molecule has 3 rings (SSSR count). The number of rotatable bonds is 1. The van der Waals surface area contributed by atoms with Crippen molar-refractivity contribution in [3.05, 3.63) is 34.3 Å². The van der Waals surface area contributed by atoms with Gasteiger partial charge in [-0.1, -0.05) is 53.4 Å². The Labute approximate surface area is 112 Å². The molecule has 2 N–H and O–H groups in total. The Morgan fingerprint density at radius 1 is 1.00 bits per heavy atom. The topological polar surface area (TPSA) is 26.0 Å². The molecule has 2 saturated carbocycles. The van der Waals surface area contributed by atoms with Gasteiger partial charge in [-0.2, -0.15) is 0 Å². The summed E-state index contributed by atoms with van der Waals surface area (Å²) >= 11 is 3.64. The van der Waals surface area contributed by atoms with Gasteiger partial charge in [-0.3, -0.25) is 0 Å². The summed E-state index contributed by atoms with van der Waals surface area (Å²) in [5.74, 6) is 0. The Hall–Kier alpha value is -0.340. The van der Waals surface area contributed by atoms with Gasteiger partial charge < -0.3 is 5.73 Å². The summed E-state index contributed by atoms with van der Waals surface area (Å²) < 4.78 is 1.17. The molecule has 0 atom stereocenters. The third-order valence-electron chi connectivity index (χ3n) is 4.71. The van der Waals surface area contributed by atoms with Crippen LogP contribution in [0.5, 0.6) is 0 Å². The van der Waals surface area contributed by atoms with Gasteiger partial charge in [0.2, 0.25) is 0 Å². The molecule has 17 heavy (non-hydrogen) atoms. The predicted octanol–water partition coefficient (Wildman–Crippen LogP) is 4.35. The summed E-state index contributed by atoms with van der Waals surface area (Å²) in [6, 6.07) is 8.45. The minimum atomic E-state index is -0.0720. The normalized spacial score (nSPS) is 25.5. The molecule has 2 heteroatoms. The third-order valence-corrected chi connectivity index (χ3v) is 5.40. The van der Waals surface area contributed by atoms with Crippen molar-refractivity contribution in [2.75, 3.05) is 0 Å². The molecule has 0 aliphatic heterocycles. The maximum Gasteiger partial charge on any atom is 0.0431 e. The molecule has 0 aromatic heterocycles. The molecule has 0 radical (unpaired) electrons. The Balaban J connectivity index is 1.80. The van der Waals surface area contributed by atoms with E-state index in [1.807, 2.05) is 0 Å². The van der Waals surface area contributed by atoms with Crippen LogP contribution in [0, 0.1) is 5.41 Å². The molecule has 0 saturated heterocycles. The van der Waals surface area contributed by atoms with E-state index in [9.17, 15) is 0 Å². The minimum absolute atomic E-state index is 0.0720. The monoisotopic (exact) mass is 293 g/mol. The molecule has 0 heterocycles. The average molecular weight is 294 g/mol. The van der Waals surface area contributed by atoms with Crippen molar-refractivity contribution in [3.8, 4) is 0 Å². The van der Waals surface area contributed by atoms with Crippen molar-refractivity contribution < 1.29 is 0 Å². The maximum absolute atomic E-state index is 6.60. The number of nitrogens with two attached hydrogens (primary N) is 1. The fourth-order valence-electron chi connectivity index (χ4n) is 4.00. The SMILES string of the molecule is NC1(c2ccccc2Br)CC2(CCCCC2)C1. The van der Waals surface area contributed by atoms with Crippen molar-refractivity contribution in [1.29, 1.82) is 0 Å². The molecule has 2 fully saturated rings. The second-order valence-corrected chi connectivity index (χ2v) is 6.90. The van der Waals surface area contributed by atoms with Gasteiger partial charge in [-0.05, 0) is 42.7 Å². The summed E-state index contributed by atoms with van der Waals surface area (Å²) in [6.45, 7) is 0.